The van der Waals surface area contributed by atoms with Crippen molar-refractivity contribution < 1.29 is 56.9 Å². The van der Waals surface area contributed by atoms with Crippen molar-refractivity contribution >= 4 is 45.5 Å². The summed E-state index contributed by atoms with van der Waals surface area (Å²) in [5.74, 6) is 1.75. The lowest BCUT2D eigenvalue weighted by Crippen LogP contribution is -2.36. The van der Waals surface area contributed by atoms with Gasteiger partial charge in [0.15, 0.2) is 0 Å². The second kappa shape index (κ2) is 36.9. The van der Waals surface area contributed by atoms with E-state index in [0.717, 1.165) is 39.3 Å². The minimum atomic E-state index is -0.965. The van der Waals surface area contributed by atoms with Crippen molar-refractivity contribution in [1.29, 1.82) is 0 Å². The van der Waals surface area contributed by atoms with Crippen LogP contribution in [0.2, 0.25) is 0 Å². The molecule has 8 bridgehead atoms. The lowest BCUT2D eigenvalue weighted by atomic mass is 9.86. The van der Waals surface area contributed by atoms with Gasteiger partial charge in [-0.3, -0.25) is 0 Å². The molecule has 1 aliphatic rings. The summed E-state index contributed by atoms with van der Waals surface area (Å²) in [6.45, 7) is 44.2. The lowest BCUT2D eigenvalue weighted by molar-refractivity contribution is -0.540. The molecule has 0 fully saturated rings. The molecule has 1 aliphatic carbocycles. The van der Waals surface area contributed by atoms with E-state index >= 15 is 0 Å². The van der Waals surface area contributed by atoms with Gasteiger partial charge in [-0.15, -0.1) is 0 Å². The Kier molecular flexibility index (Phi) is 28.9. The Bertz CT molecular complexity index is 4350. The number of hydrogen-bond acceptors (Lipinski definition) is 20. The zero-order valence-electron chi connectivity index (χ0n) is 76.1. The molecule has 8 aromatic rings. The molecular weight excluding hydrogens is 1520 g/mol. The van der Waals surface area contributed by atoms with Crippen LogP contribution in [0.3, 0.4) is 0 Å². The molecule has 0 aliphatic heterocycles. The molecular formula is C96H128N8O16. The summed E-state index contributed by atoms with van der Waals surface area (Å²) in [5.41, 5.74) is 3.39. The van der Waals surface area contributed by atoms with Gasteiger partial charge >= 0.3 is 0 Å². The van der Waals surface area contributed by atoms with E-state index in [0.29, 0.717) is 112 Å². The smallest absolute Gasteiger partial charge is 0.259 e. The SMILES string of the molecule is COCCOc1c2cc(-c3cc(N([O-])C(C)(C)C)cc([N+](=O)C(C)(C)C)c3)cc1Cc1cc(-c3cc(N([O-])C(C)(C)C)cc([N+](=O)C(C)(C)C)c3)cc(c1OCCOC)Cc1cc(-c3cc(N([O-])C(C)(C)C)cc([N+](=O)C(C)(C)C)c3)cc(c1OCCOC)Cc1cc(-c3cc(N([O-])C(C)(C)C)cc([N+](=O)C(C)(C)C)c3)cc(c1OCCOC)C2. The van der Waals surface area contributed by atoms with Gasteiger partial charge in [-0.2, -0.15) is 0 Å². The highest BCUT2D eigenvalue weighted by atomic mass is 16.5. The van der Waals surface area contributed by atoms with Crippen LogP contribution in [0.25, 0.3) is 44.5 Å². The minimum Gasteiger partial charge on any atom is -0.758 e. The minimum absolute atomic E-state index is 0.0239. The molecule has 8 aromatic carbocycles. The van der Waals surface area contributed by atoms with E-state index < -0.39 is 44.3 Å². The van der Waals surface area contributed by atoms with Gasteiger partial charge in [0.25, 0.3) is 22.7 Å². The molecule has 0 saturated heterocycles. The van der Waals surface area contributed by atoms with Crippen LogP contribution in [-0.4, -0.2) is 145 Å². The first-order valence-electron chi connectivity index (χ1n) is 41.2. The second-order valence-electron chi connectivity index (χ2n) is 39.2. The first-order valence-corrected chi connectivity index (χ1v) is 41.2. The summed E-state index contributed by atoms with van der Waals surface area (Å²) in [5, 5.41) is 63.0. The van der Waals surface area contributed by atoms with Gasteiger partial charge in [-0.25, -0.2) is 0 Å². The van der Waals surface area contributed by atoms with E-state index in [1.165, 1.54) is 0 Å². The number of nitrogens with zero attached hydrogens (tertiary/aromatic N) is 8. The van der Waals surface area contributed by atoms with Crippen LogP contribution in [0.1, 0.15) is 211 Å². The molecule has 0 aromatic heterocycles. The second-order valence-corrected chi connectivity index (χ2v) is 39.2. The van der Waals surface area contributed by atoms with Crippen LogP contribution in [0.15, 0.2) is 121 Å². The van der Waals surface area contributed by atoms with Gasteiger partial charge in [-0.05, 0) is 245 Å². The van der Waals surface area contributed by atoms with Crippen LogP contribution in [0.5, 0.6) is 23.0 Å². The number of methoxy groups -OCH3 is 4. The Hall–Kier alpha value is -9.76. The van der Waals surface area contributed by atoms with Crippen LogP contribution in [0, 0.1) is 40.5 Å². The highest BCUT2D eigenvalue weighted by molar-refractivity contribution is 5.81. The standard InChI is InChI=1S/C96H128N8O16/c1-89(2,3)97(105)77-49-65(50-78(57-77)98(106)90(4,5)6)61-37-69-45-71-39-62(66-51-79(99(107)91(7,8)9)58-80(52-66)100(108)92(10,11)12)41-73(86(71)118-34-30-114-26)47-75-43-64(68-55-83(103(111)95(19,20)21)60-84(56-68)104(112)96(22,23)24)44-76(88(75)120-36-32-116-28)48-74-42-63(67-53-81(101(109)93(13,14)15)59-82(54-67)102(110)94(16,17)18)40-72(87(74)119-35-31-115-27)46-70(38-61)85(69)117-33-29-113-25/h37-44,49-60H,29-36,45-48H2,1-28H3. The first kappa shape index (κ1) is 94.1. The largest absolute Gasteiger partial charge is 0.758 e. The molecule has 0 spiro atoms. The summed E-state index contributed by atoms with van der Waals surface area (Å²) in [6, 6.07) is 36.8. The Morgan fingerprint density at radius 2 is 0.392 bits per heavy atom. The quantitative estimate of drug-likeness (QED) is 0.0251. The van der Waals surface area contributed by atoms with Crippen molar-refractivity contribution in [2.24, 2.45) is 0 Å². The van der Waals surface area contributed by atoms with Crippen molar-refractivity contribution in [3.63, 3.8) is 0 Å². The van der Waals surface area contributed by atoms with Crippen LogP contribution in [-0.2, 0) is 44.6 Å². The topological polar surface area (TPSA) is 259 Å². The number of hydroxylamine groups is 4. The number of nitroso groups, excluding NO2 is 4. The molecule has 0 atom stereocenters. The van der Waals surface area contributed by atoms with Gasteiger partial charge in [0.2, 0.25) is 22.2 Å². The van der Waals surface area contributed by atoms with Crippen LogP contribution >= 0.6 is 0 Å². The number of ether oxygens (including phenoxy) is 8. The summed E-state index contributed by atoms with van der Waals surface area (Å²) < 4.78 is 55.8. The maximum absolute atomic E-state index is 14.8. The third-order valence-corrected chi connectivity index (χ3v) is 20.3. The molecule has 0 radical (unpaired) electrons. The molecule has 24 nitrogen and oxygen atoms in total. The third kappa shape index (κ3) is 22.7. The fraction of sp³-hybridized carbons (Fsp3) is 0.500. The Balaban J connectivity index is 1.59. The predicted molar refractivity (Wildman–Crippen MR) is 483 cm³/mol. The normalized spacial score (nSPS) is 13.1. The van der Waals surface area contributed by atoms with Gasteiger partial charge in [0.05, 0.1) is 26.4 Å². The van der Waals surface area contributed by atoms with E-state index in [-0.39, 0.29) is 124 Å². The van der Waals surface area contributed by atoms with Gasteiger partial charge < -0.3 is 79.0 Å². The van der Waals surface area contributed by atoms with Gasteiger partial charge in [-0.1, -0.05) is 0 Å². The molecule has 0 amide bonds. The zero-order chi connectivity index (χ0) is 89.1. The van der Waals surface area contributed by atoms with E-state index in [1.807, 2.05) is 48.5 Å². The summed E-state index contributed by atoms with van der Waals surface area (Å²) in [4.78, 5) is 59.3. The summed E-state index contributed by atoms with van der Waals surface area (Å²) >= 11 is 0. The first-order chi connectivity index (χ1) is 55.7. The van der Waals surface area contributed by atoms with E-state index in [9.17, 15) is 40.5 Å². The Morgan fingerprint density at radius 1 is 0.242 bits per heavy atom. The van der Waals surface area contributed by atoms with Gasteiger partial charge in [0, 0.05) is 269 Å². The monoisotopic (exact) mass is 1650 g/mol. The maximum atomic E-state index is 14.8. The van der Waals surface area contributed by atoms with E-state index in [2.05, 4.69) is 0 Å². The summed E-state index contributed by atoms with van der Waals surface area (Å²) in [7, 11) is 6.37. The number of rotatable bonds is 28. The molecule has 0 unspecified atom stereocenters. The van der Waals surface area contributed by atoms with Crippen molar-refractivity contribution in [2.45, 2.75) is 236 Å². The van der Waals surface area contributed by atoms with E-state index in [1.54, 1.807) is 267 Å². The average Bonchev–Trinajstić information content (AvgIpc) is 0.760. The van der Waals surface area contributed by atoms with Crippen molar-refractivity contribution in [1.82, 2.24) is 0 Å². The number of hydrogen-bond donors (Lipinski definition) is 0. The molecule has 120 heavy (non-hydrogen) atoms. The maximum Gasteiger partial charge on any atom is 0.259 e. The van der Waals surface area contributed by atoms with Crippen molar-refractivity contribution in [3.8, 4) is 67.5 Å². The molecule has 0 heterocycles. The Labute approximate surface area is 710 Å². The molecule has 9 rings (SSSR count). The number of benzene rings is 8. The fourth-order valence-electron chi connectivity index (χ4n) is 14.3. The van der Waals surface area contributed by atoms with Crippen molar-refractivity contribution in [2.75, 3.05) is 102 Å². The highest BCUT2D eigenvalue weighted by Gasteiger charge is 2.39. The lowest BCUT2D eigenvalue weighted by Gasteiger charge is -2.43. The van der Waals surface area contributed by atoms with E-state index in [4.69, 9.17) is 37.9 Å². The molecule has 24 heteroatoms. The fourth-order valence-corrected chi connectivity index (χ4v) is 14.3. The number of anilines is 4. The summed E-state index contributed by atoms with van der Waals surface area (Å²) in [6.07, 6.45) is 0.0956. The van der Waals surface area contributed by atoms with Crippen LogP contribution in [0.4, 0.5) is 45.5 Å². The Morgan fingerprint density at radius 3 is 0.525 bits per heavy atom. The number of fused-ring (bicyclic) bond motifs is 8. The molecule has 0 N–H and O–H groups in total. The van der Waals surface area contributed by atoms with Crippen LogP contribution < -0.4 is 39.2 Å². The molecule has 648 valence electrons. The molecule has 0 saturated carbocycles. The highest BCUT2D eigenvalue weighted by Crippen LogP contribution is 2.49. The predicted octanol–water partition coefficient (Wildman–Crippen LogP) is 22.4. The zero-order valence-corrected chi connectivity index (χ0v) is 76.1. The van der Waals surface area contributed by atoms with Gasteiger partial charge in [0.1, 0.15) is 49.4 Å². The third-order valence-electron chi connectivity index (χ3n) is 20.3. The average molecular weight is 1650 g/mol. The van der Waals surface area contributed by atoms with Crippen molar-refractivity contribution in [3.05, 3.63) is 206 Å².